The molecule has 14 heavy (non-hydrogen) atoms. The first kappa shape index (κ1) is 10.4. The molecule has 0 aromatic heterocycles. The van der Waals surface area contributed by atoms with E-state index in [9.17, 15) is 0 Å². The zero-order chi connectivity index (χ0) is 10.0. The number of methoxy groups -OCH3 is 2. The van der Waals surface area contributed by atoms with Gasteiger partial charge < -0.3 is 14.8 Å². The summed E-state index contributed by atoms with van der Waals surface area (Å²) in [6.45, 7) is 3.98. The molecule has 0 atom stereocenters. The van der Waals surface area contributed by atoms with Gasteiger partial charge in [-0.3, -0.25) is 4.90 Å². The Hall–Kier alpha value is -0.160. The van der Waals surface area contributed by atoms with E-state index in [1.807, 2.05) is 0 Å². The molecule has 82 valence electrons. The van der Waals surface area contributed by atoms with Gasteiger partial charge in [0.25, 0.3) is 0 Å². The number of hydrogen-bond acceptors (Lipinski definition) is 4. The molecule has 0 amide bonds. The maximum absolute atomic E-state index is 5.31. The van der Waals surface area contributed by atoms with Crippen LogP contribution in [0, 0.1) is 0 Å². The van der Waals surface area contributed by atoms with Gasteiger partial charge in [-0.15, -0.1) is 0 Å². The third kappa shape index (κ3) is 2.25. The van der Waals surface area contributed by atoms with Crippen LogP contribution in [0.15, 0.2) is 0 Å². The summed E-state index contributed by atoms with van der Waals surface area (Å²) in [6, 6.07) is 0.811. The van der Waals surface area contributed by atoms with E-state index in [0.29, 0.717) is 0 Å². The average molecular weight is 200 g/mol. The van der Waals surface area contributed by atoms with Crippen LogP contribution < -0.4 is 5.32 Å². The Bertz CT molecular complexity index is 183. The van der Waals surface area contributed by atoms with Crippen molar-refractivity contribution in [1.29, 1.82) is 0 Å². The molecule has 1 aliphatic carbocycles. The van der Waals surface area contributed by atoms with Crippen LogP contribution in [0.25, 0.3) is 0 Å². The first-order chi connectivity index (χ1) is 6.78. The molecular weight excluding hydrogens is 180 g/mol. The van der Waals surface area contributed by atoms with Crippen molar-refractivity contribution in [2.24, 2.45) is 0 Å². The van der Waals surface area contributed by atoms with E-state index >= 15 is 0 Å². The van der Waals surface area contributed by atoms with Crippen molar-refractivity contribution in [2.45, 2.75) is 24.7 Å². The maximum atomic E-state index is 5.31. The molecule has 2 rings (SSSR count). The summed E-state index contributed by atoms with van der Waals surface area (Å²) < 4.78 is 10.6. The lowest BCUT2D eigenvalue weighted by Crippen LogP contribution is -2.64. The van der Waals surface area contributed by atoms with Crippen molar-refractivity contribution in [3.8, 4) is 0 Å². The van der Waals surface area contributed by atoms with Crippen LogP contribution in [0.5, 0.6) is 0 Å². The second-order valence-electron chi connectivity index (χ2n) is 4.26. The minimum atomic E-state index is -0.320. The number of likely N-dealkylation sites (tertiary alicyclic amines) is 1. The molecule has 1 saturated carbocycles. The fourth-order valence-corrected chi connectivity index (χ4v) is 1.85. The first-order valence-electron chi connectivity index (χ1n) is 5.34. The van der Waals surface area contributed by atoms with E-state index in [1.54, 1.807) is 14.2 Å². The summed E-state index contributed by atoms with van der Waals surface area (Å²) in [5, 5.41) is 3.50. The Balaban J connectivity index is 1.57. The highest BCUT2D eigenvalue weighted by Crippen LogP contribution is 2.24. The van der Waals surface area contributed by atoms with Gasteiger partial charge in [0, 0.05) is 33.4 Å². The zero-order valence-corrected chi connectivity index (χ0v) is 9.08. The van der Waals surface area contributed by atoms with Crippen molar-refractivity contribution < 1.29 is 9.47 Å². The molecule has 1 heterocycles. The van der Waals surface area contributed by atoms with Gasteiger partial charge in [-0.1, -0.05) is 0 Å². The minimum Gasteiger partial charge on any atom is -0.351 e. The van der Waals surface area contributed by atoms with Crippen molar-refractivity contribution in [2.75, 3.05) is 40.4 Å². The molecule has 0 bridgehead atoms. The summed E-state index contributed by atoms with van der Waals surface area (Å²) in [5.74, 6) is -0.320. The highest BCUT2D eigenvalue weighted by atomic mass is 16.7. The predicted octanol–water partition coefficient (Wildman–Crippen LogP) is 0.0431. The summed E-state index contributed by atoms with van der Waals surface area (Å²) in [7, 11) is 3.42. The maximum Gasteiger partial charge on any atom is 0.193 e. The second-order valence-corrected chi connectivity index (χ2v) is 4.26. The molecule has 0 aromatic rings. The van der Waals surface area contributed by atoms with Crippen LogP contribution in [-0.4, -0.2) is 57.1 Å². The van der Waals surface area contributed by atoms with Gasteiger partial charge in [-0.2, -0.15) is 0 Å². The molecule has 0 radical (unpaired) electrons. The van der Waals surface area contributed by atoms with Crippen molar-refractivity contribution in [3.63, 3.8) is 0 Å². The Morgan fingerprint density at radius 1 is 1.29 bits per heavy atom. The van der Waals surface area contributed by atoms with E-state index in [-0.39, 0.29) is 5.79 Å². The Labute approximate surface area is 85.5 Å². The molecule has 4 nitrogen and oxygen atoms in total. The second kappa shape index (κ2) is 4.14. The predicted molar refractivity (Wildman–Crippen MR) is 54.2 cm³/mol. The summed E-state index contributed by atoms with van der Waals surface area (Å²) >= 11 is 0. The van der Waals surface area contributed by atoms with Gasteiger partial charge in [0.05, 0.1) is 13.1 Å². The topological polar surface area (TPSA) is 33.7 Å². The van der Waals surface area contributed by atoms with E-state index < -0.39 is 0 Å². The third-order valence-electron chi connectivity index (χ3n) is 3.11. The minimum absolute atomic E-state index is 0.320. The summed E-state index contributed by atoms with van der Waals surface area (Å²) in [4.78, 5) is 2.35. The van der Waals surface area contributed by atoms with Gasteiger partial charge in [0.2, 0.25) is 0 Å². The highest BCUT2D eigenvalue weighted by molar-refractivity contribution is 4.90. The van der Waals surface area contributed by atoms with Gasteiger partial charge in [0.15, 0.2) is 5.79 Å². The van der Waals surface area contributed by atoms with Gasteiger partial charge in [-0.05, 0) is 12.8 Å². The van der Waals surface area contributed by atoms with Crippen LogP contribution in [0.4, 0.5) is 0 Å². The number of hydrogen-bond donors (Lipinski definition) is 1. The SMILES string of the molecule is COC1(OC)CN(CCNC2CC2)C1. The van der Waals surface area contributed by atoms with E-state index in [1.165, 1.54) is 12.8 Å². The van der Waals surface area contributed by atoms with Crippen molar-refractivity contribution >= 4 is 0 Å². The Morgan fingerprint density at radius 2 is 1.93 bits per heavy atom. The van der Waals surface area contributed by atoms with Crippen LogP contribution in [-0.2, 0) is 9.47 Å². The number of nitrogens with zero attached hydrogens (tertiary/aromatic N) is 1. The quantitative estimate of drug-likeness (QED) is 0.614. The Morgan fingerprint density at radius 3 is 2.43 bits per heavy atom. The van der Waals surface area contributed by atoms with Crippen LogP contribution in [0.2, 0.25) is 0 Å². The van der Waals surface area contributed by atoms with E-state index in [2.05, 4.69) is 10.2 Å². The molecular formula is C10H20N2O2. The molecule has 1 aliphatic heterocycles. The van der Waals surface area contributed by atoms with Crippen molar-refractivity contribution in [3.05, 3.63) is 0 Å². The number of rotatable bonds is 6. The van der Waals surface area contributed by atoms with Gasteiger partial charge >= 0.3 is 0 Å². The first-order valence-corrected chi connectivity index (χ1v) is 5.34. The zero-order valence-electron chi connectivity index (χ0n) is 9.08. The summed E-state index contributed by atoms with van der Waals surface area (Å²) in [5.41, 5.74) is 0. The molecule has 2 aliphatic rings. The third-order valence-corrected chi connectivity index (χ3v) is 3.11. The van der Waals surface area contributed by atoms with Gasteiger partial charge in [-0.25, -0.2) is 0 Å². The molecule has 0 aromatic carbocycles. The standard InChI is InChI=1S/C10H20N2O2/c1-13-10(14-2)7-12(8-10)6-5-11-9-3-4-9/h9,11H,3-8H2,1-2H3. The van der Waals surface area contributed by atoms with E-state index in [4.69, 9.17) is 9.47 Å². The largest absolute Gasteiger partial charge is 0.351 e. The lowest BCUT2D eigenvalue weighted by molar-refractivity contribution is -0.274. The average Bonchev–Trinajstić information content (AvgIpc) is 2.93. The lowest BCUT2D eigenvalue weighted by Gasteiger charge is -2.47. The monoisotopic (exact) mass is 200 g/mol. The highest BCUT2D eigenvalue weighted by Gasteiger charge is 2.43. The van der Waals surface area contributed by atoms with Crippen LogP contribution >= 0.6 is 0 Å². The fraction of sp³-hybridized carbons (Fsp3) is 1.00. The molecule has 4 heteroatoms. The molecule has 1 N–H and O–H groups in total. The van der Waals surface area contributed by atoms with Gasteiger partial charge in [0.1, 0.15) is 0 Å². The van der Waals surface area contributed by atoms with E-state index in [0.717, 1.165) is 32.2 Å². The molecule has 2 fully saturated rings. The van der Waals surface area contributed by atoms with Crippen LogP contribution in [0.1, 0.15) is 12.8 Å². The van der Waals surface area contributed by atoms with Crippen LogP contribution in [0.3, 0.4) is 0 Å². The Kier molecular flexibility index (Phi) is 3.07. The number of ether oxygens (including phenoxy) is 2. The smallest absolute Gasteiger partial charge is 0.193 e. The number of nitrogens with one attached hydrogen (secondary N) is 1. The lowest BCUT2D eigenvalue weighted by atomic mass is 10.1. The summed E-state index contributed by atoms with van der Waals surface area (Å²) in [6.07, 6.45) is 2.72. The fourth-order valence-electron chi connectivity index (χ4n) is 1.85. The normalized spacial score (nSPS) is 26.1. The molecule has 0 unspecified atom stereocenters. The van der Waals surface area contributed by atoms with Crippen molar-refractivity contribution in [1.82, 2.24) is 10.2 Å². The molecule has 0 spiro atoms. The molecule has 1 saturated heterocycles.